The number of nitrogens with one attached hydrogen (secondary N) is 2. The largest absolute Gasteiger partial charge is 0.435 e. The molecule has 0 saturated heterocycles. The number of benzene rings is 1. The Kier molecular flexibility index (Phi) is 7.62. The average Bonchev–Trinajstić information content (AvgIpc) is 2.58. The molecule has 0 unspecified atom stereocenters. The van der Waals surface area contributed by atoms with E-state index >= 15 is 0 Å². The second kappa shape index (κ2) is 9.93. The van der Waals surface area contributed by atoms with Crippen molar-refractivity contribution in [1.29, 1.82) is 0 Å². The molecule has 10 heteroatoms. The first-order chi connectivity index (χ1) is 12.8. The Hall–Kier alpha value is -2.59. The standard InChI is InChI=1S/C17H17BrF2N4O3/c1-24(10-16(26)23-14-7-2-11(18)8-21-14)9-15(25)22-12-3-5-13(6-4-12)27-17(19)20/h2-8,17H,9-10H2,1H3,(H,22,25)(H,21,23,26). The summed E-state index contributed by atoms with van der Waals surface area (Å²) in [6.07, 6.45) is 1.56. The number of carbonyl (C=O) groups excluding carboxylic acids is 2. The van der Waals surface area contributed by atoms with Gasteiger partial charge < -0.3 is 15.4 Å². The van der Waals surface area contributed by atoms with E-state index in [2.05, 4.69) is 36.3 Å². The predicted molar refractivity (Wildman–Crippen MR) is 99.8 cm³/mol. The molecule has 0 saturated carbocycles. The van der Waals surface area contributed by atoms with Crippen molar-refractivity contribution in [3.8, 4) is 5.75 Å². The quantitative estimate of drug-likeness (QED) is 0.656. The van der Waals surface area contributed by atoms with Crippen molar-refractivity contribution in [1.82, 2.24) is 9.88 Å². The van der Waals surface area contributed by atoms with Gasteiger partial charge >= 0.3 is 6.61 Å². The van der Waals surface area contributed by atoms with Crippen molar-refractivity contribution in [2.24, 2.45) is 0 Å². The molecular formula is C17H17BrF2N4O3. The van der Waals surface area contributed by atoms with Crippen molar-refractivity contribution in [2.45, 2.75) is 6.61 Å². The van der Waals surface area contributed by atoms with Crippen LogP contribution in [-0.4, -0.2) is 48.4 Å². The first kappa shape index (κ1) is 20.7. The molecule has 0 fully saturated rings. The lowest BCUT2D eigenvalue weighted by Gasteiger charge is -2.16. The van der Waals surface area contributed by atoms with Gasteiger partial charge in [0.15, 0.2) is 0 Å². The minimum Gasteiger partial charge on any atom is -0.435 e. The summed E-state index contributed by atoms with van der Waals surface area (Å²) >= 11 is 3.25. The van der Waals surface area contributed by atoms with E-state index < -0.39 is 6.61 Å². The zero-order valence-corrected chi connectivity index (χ0v) is 15.9. The smallest absolute Gasteiger partial charge is 0.387 e. The van der Waals surface area contributed by atoms with Crippen LogP contribution in [0.2, 0.25) is 0 Å². The van der Waals surface area contributed by atoms with Gasteiger partial charge in [-0.05, 0) is 59.4 Å². The van der Waals surface area contributed by atoms with Gasteiger partial charge in [-0.2, -0.15) is 8.78 Å². The van der Waals surface area contributed by atoms with Crippen LogP contribution >= 0.6 is 15.9 Å². The Labute approximate surface area is 162 Å². The summed E-state index contributed by atoms with van der Waals surface area (Å²) < 4.78 is 29.2. The molecule has 27 heavy (non-hydrogen) atoms. The fourth-order valence-corrected chi connectivity index (χ4v) is 2.33. The van der Waals surface area contributed by atoms with Crippen molar-refractivity contribution in [2.75, 3.05) is 30.8 Å². The summed E-state index contributed by atoms with van der Waals surface area (Å²) in [5.41, 5.74) is 0.429. The lowest BCUT2D eigenvalue weighted by molar-refractivity contribution is -0.119. The minimum absolute atomic E-state index is 0.00154. The van der Waals surface area contributed by atoms with Crippen LogP contribution in [0.3, 0.4) is 0 Å². The number of likely N-dealkylation sites (N-methyl/N-ethyl adjacent to an activating group) is 1. The lowest BCUT2D eigenvalue weighted by Crippen LogP contribution is -2.36. The number of hydrogen-bond acceptors (Lipinski definition) is 5. The van der Waals surface area contributed by atoms with E-state index in [4.69, 9.17) is 0 Å². The molecule has 7 nitrogen and oxygen atoms in total. The summed E-state index contributed by atoms with van der Waals surface area (Å²) in [5.74, 6) is -0.256. The number of amides is 2. The Morgan fingerprint density at radius 1 is 1.11 bits per heavy atom. The first-order valence-corrected chi connectivity index (χ1v) is 8.56. The van der Waals surface area contributed by atoms with Crippen molar-refractivity contribution >= 4 is 39.2 Å². The van der Waals surface area contributed by atoms with E-state index in [9.17, 15) is 18.4 Å². The molecule has 1 heterocycles. The second-order valence-corrected chi connectivity index (χ2v) is 6.45. The van der Waals surface area contributed by atoms with Gasteiger partial charge in [0.05, 0.1) is 13.1 Å². The molecule has 0 bridgehead atoms. The number of hydrogen-bond donors (Lipinski definition) is 2. The summed E-state index contributed by atoms with van der Waals surface area (Å²) in [6.45, 7) is -2.94. The summed E-state index contributed by atoms with van der Waals surface area (Å²) in [6, 6.07) is 8.94. The van der Waals surface area contributed by atoms with Crippen LogP contribution in [0.15, 0.2) is 47.1 Å². The topological polar surface area (TPSA) is 83.6 Å². The third-order valence-corrected chi connectivity index (χ3v) is 3.65. The van der Waals surface area contributed by atoms with Crippen LogP contribution in [0.5, 0.6) is 5.75 Å². The zero-order valence-electron chi connectivity index (χ0n) is 14.3. The molecule has 2 aromatic rings. The minimum atomic E-state index is -2.90. The Morgan fingerprint density at radius 2 is 1.74 bits per heavy atom. The highest BCUT2D eigenvalue weighted by molar-refractivity contribution is 9.10. The normalized spacial score (nSPS) is 10.7. The average molecular weight is 443 g/mol. The summed E-state index contributed by atoms with van der Waals surface area (Å²) in [5, 5.41) is 5.23. The van der Waals surface area contributed by atoms with Gasteiger partial charge in [-0.25, -0.2) is 4.98 Å². The van der Waals surface area contributed by atoms with Gasteiger partial charge in [-0.1, -0.05) is 0 Å². The molecule has 0 radical (unpaired) electrons. The number of ether oxygens (including phenoxy) is 1. The van der Waals surface area contributed by atoms with E-state index in [0.29, 0.717) is 11.5 Å². The van der Waals surface area contributed by atoms with Crippen molar-refractivity contribution < 1.29 is 23.1 Å². The fraction of sp³-hybridized carbons (Fsp3) is 0.235. The molecular weight excluding hydrogens is 426 g/mol. The van der Waals surface area contributed by atoms with Gasteiger partial charge in [-0.15, -0.1) is 0 Å². The molecule has 2 rings (SSSR count). The Morgan fingerprint density at radius 3 is 2.30 bits per heavy atom. The van der Waals surface area contributed by atoms with E-state index in [1.54, 1.807) is 25.4 Å². The number of halogens is 3. The lowest BCUT2D eigenvalue weighted by atomic mass is 10.3. The molecule has 1 aromatic heterocycles. The molecule has 0 atom stereocenters. The Balaban J connectivity index is 1.77. The second-order valence-electron chi connectivity index (χ2n) is 5.53. The van der Waals surface area contributed by atoms with Gasteiger partial charge in [0.25, 0.3) is 0 Å². The van der Waals surface area contributed by atoms with E-state index in [0.717, 1.165) is 4.47 Å². The van der Waals surface area contributed by atoms with E-state index in [1.165, 1.54) is 29.2 Å². The SMILES string of the molecule is CN(CC(=O)Nc1ccc(OC(F)F)cc1)CC(=O)Nc1ccc(Br)cn1. The molecule has 144 valence electrons. The monoisotopic (exact) mass is 442 g/mol. The van der Waals surface area contributed by atoms with Crippen LogP contribution < -0.4 is 15.4 Å². The molecule has 0 aliphatic heterocycles. The van der Waals surface area contributed by atoms with Crippen LogP contribution in [0.1, 0.15) is 0 Å². The highest BCUT2D eigenvalue weighted by Gasteiger charge is 2.12. The summed E-state index contributed by atoms with van der Waals surface area (Å²) in [7, 11) is 1.62. The van der Waals surface area contributed by atoms with Gasteiger partial charge in [0, 0.05) is 16.4 Å². The maximum atomic E-state index is 12.1. The van der Waals surface area contributed by atoms with Crippen LogP contribution in [0.4, 0.5) is 20.3 Å². The van der Waals surface area contributed by atoms with Crippen LogP contribution in [-0.2, 0) is 9.59 Å². The number of alkyl halides is 2. The first-order valence-electron chi connectivity index (χ1n) is 7.76. The van der Waals surface area contributed by atoms with Crippen LogP contribution in [0.25, 0.3) is 0 Å². The number of rotatable bonds is 8. The predicted octanol–water partition coefficient (Wildman–Crippen LogP) is 2.95. The molecule has 0 aliphatic rings. The molecule has 0 aliphatic carbocycles. The van der Waals surface area contributed by atoms with Crippen molar-refractivity contribution in [3.05, 3.63) is 47.1 Å². The molecule has 0 spiro atoms. The number of nitrogens with zero attached hydrogens (tertiary/aromatic N) is 2. The third kappa shape index (κ3) is 7.67. The highest BCUT2D eigenvalue weighted by Crippen LogP contribution is 2.17. The molecule has 2 N–H and O–H groups in total. The van der Waals surface area contributed by atoms with E-state index in [-0.39, 0.29) is 30.7 Å². The zero-order chi connectivity index (χ0) is 19.8. The maximum Gasteiger partial charge on any atom is 0.387 e. The van der Waals surface area contributed by atoms with E-state index in [1.807, 2.05) is 0 Å². The maximum absolute atomic E-state index is 12.1. The Bertz CT molecular complexity index is 773. The van der Waals surface area contributed by atoms with Gasteiger partial charge in [-0.3, -0.25) is 14.5 Å². The summed E-state index contributed by atoms with van der Waals surface area (Å²) in [4.78, 5) is 29.5. The number of carbonyl (C=O) groups is 2. The molecule has 1 aromatic carbocycles. The highest BCUT2D eigenvalue weighted by atomic mass is 79.9. The number of anilines is 2. The fourth-order valence-electron chi connectivity index (χ4n) is 2.10. The third-order valence-electron chi connectivity index (χ3n) is 3.19. The molecule has 2 amide bonds. The number of pyridine rings is 1. The number of aromatic nitrogens is 1. The van der Waals surface area contributed by atoms with Gasteiger partial charge in [0.1, 0.15) is 11.6 Å². The van der Waals surface area contributed by atoms with Gasteiger partial charge in [0.2, 0.25) is 11.8 Å². The van der Waals surface area contributed by atoms with Crippen molar-refractivity contribution in [3.63, 3.8) is 0 Å². The van der Waals surface area contributed by atoms with Crippen LogP contribution in [0, 0.1) is 0 Å².